The van der Waals surface area contributed by atoms with Gasteiger partial charge < -0.3 is 20.3 Å². The number of fused-ring (bicyclic) bond motifs is 1. The molecular weight excluding hydrogens is 459 g/mol. The van der Waals surface area contributed by atoms with Crippen LogP contribution in [0.5, 0.6) is 0 Å². The molecule has 0 saturated carbocycles. The molecule has 1 saturated heterocycles. The zero-order valence-electron chi connectivity index (χ0n) is 18.5. The summed E-state index contributed by atoms with van der Waals surface area (Å²) >= 11 is 0. The number of aromatic nitrogens is 2. The highest BCUT2D eigenvalue weighted by Gasteiger charge is 2.34. The quantitative estimate of drug-likeness (QED) is 0.411. The Morgan fingerprint density at radius 1 is 0.914 bits per heavy atom. The van der Waals surface area contributed by atoms with Crippen LogP contribution in [-0.2, 0) is 10.9 Å². The lowest BCUT2D eigenvalue weighted by molar-refractivity contribution is -0.140. The third-order valence-corrected chi connectivity index (χ3v) is 5.70. The summed E-state index contributed by atoms with van der Waals surface area (Å²) in [5.41, 5.74) is 2.06. The highest BCUT2D eigenvalue weighted by molar-refractivity contribution is 6.04. The van der Waals surface area contributed by atoms with Crippen LogP contribution in [0.25, 0.3) is 5.65 Å². The number of amides is 1. The van der Waals surface area contributed by atoms with E-state index >= 15 is 0 Å². The molecule has 0 unspecified atom stereocenters. The summed E-state index contributed by atoms with van der Waals surface area (Å²) in [6.45, 7) is 3.04. The van der Waals surface area contributed by atoms with Crippen molar-refractivity contribution >= 4 is 34.4 Å². The number of nitrogens with zero attached hydrogens (tertiary/aromatic N) is 3. The molecule has 35 heavy (non-hydrogen) atoms. The van der Waals surface area contributed by atoms with Crippen molar-refractivity contribution in [3.63, 3.8) is 0 Å². The van der Waals surface area contributed by atoms with Gasteiger partial charge in [-0.25, -0.2) is 4.98 Å². The first-order valence-corrected chi connectivity index (χ1v) is 11.0. The average molecular weight is 481 g/mol. The molecule has 1 amide bonds. The topological polar surface area (TPSA) is 70.9 Å². The van der Waals surface area contributed by atoms with Crippen LogP contribution in [-0.4, -0.2) is 41.6 Å². The molecule has 180 valence electrons. The molecule has 1 aliphatic rings. The van der Waals surface area contributed by atoms with Gasteiger partial charge in [-0.15, -0.1) is 0 Å². The summed E-state index contributed by atoms with van der Waals surface area (Å²) in [6.07, 6.45) is -3.57. The van der Waals surface area contributed by atoms with Gasteiger partial charge in [0.25, 0.3) is 5.91 Å². The number of rotatable bonds is 5. The fourth-order valence-corrected chi connectivity index (χ4v) is 3.88. The first-order valence-electron chi connectivity index (χ1n) is 11.0. The predicted molar refractivity (Wildman–Crippen MR) is 127 cm³/mol. The minimum atomic E-state index is -4.52. The number of hydrogen-bond donors (Lipinski definition) is 2. The van der Waals surface area contributed by atoms with E-state index in [4.69, 9.17) is 4.74 Å². The summed E-state index contributed by atoms with van der Waals surface area (Å²) in [5, 5.41) is 5.95. The van der Waals surface area contributed by atoms with Gasteiger partial charge in [0.1, 0.15) is 11.5 Å². The molecule has 10 heteroatoms. The SMILES string of the molecule is O=C(Nc1ccc(Nc2cccc3nc(C(F)(F)F)cn23)cc1)c1ccc(N2CCOCC2)cc1. The molecular formula is C25H22F3N5O2. The van der Waals surface area contributed by atoms with Gasteiger partial charge in [-0.1, -0.05) is 6.07 Å². The van der Waals surface area contributed by atoms with E-state index in [0.29, 0.717) is 36.0 Å². The number of pyridine rings is 1. The van der Waals surface area contributed by atoms with Crippen molar-refractivity contribution < 1.29 is 22.7 Å². The predicted octanol–water partition coefficient (Wildman–Crippen LogP) is 5.19. The van der Waals surface area contributed by atoms with Crippen LogP contribution in [0.2, 0.25) is 0 Å². The Morgan fingerprint density at radius 2 is 1.60 bits per heavy atom. The molecule has 2 aromatic heterocycles. The fraction of sp³-hybridized carbons (Fsp3) is 0.200. The molecule has 4 aromatic rings. The second kappa shape index (κ2) is 9.30. The standard InChI is InChI=1S/C25H22F3N5O2/c26-25(27,28)21-16-33-22(2-1-3-23(33)31-21)29-18-6-8-19(9-7-18)30-24(34)17-4-10-20(11-5-17)32-12-14-35-15-13-32/h1-11,16,29H,12-15H2,(H,30,34). The molecule has 1 aliphatic heterocycles. The van der Waals surface area contributed by atoms with Crippen molar-refractivity contribution in [2.45, 2.75) is 6.18 Å². The second-order valence-electron chi connectivity index (χ2n) is 8.07. The maximum absolute atomic E-state index is 13.0. The molecule has 5 rings (SSSR count). The van der Waals surface area contributed by atoms with Crippen molar-refractivity contribution in [1.29, 1.82) is 0 Å². The molecule has 0 spiro atoms. The minimum Gasteiger partial charge on any atom is -0.378 e. The van der Waals surface area contributed by atoms with E-state index in [9.17, 15) is 18.0 Å². The van der Waals surface area contributed by atoms with E-state index in [-0.39, 0.29) is 11.6 Å². The minimum absolute atomic E-state index is 0.186. The van der Waals surface area contributed by atoms with E-state index in [2.05, 4.69) is 20.5 Å². The Morgan fingerprint density at radius 3 is 2.29 bits per heavy atom. The lowest BCUT2D eigenvalue weighted by atomic mass is 10.1. The number of hydrogen-bond acceptors (Lipinski definition) is 5. The number of ether oxygens (including phenoxy) is 1. The lowest BCUT2D eigenvalue weighted by Crippen LogP contribution is -2.36. The van der Waals surface area contributed by atoms with Crippen LogP contribution in [0.1, 0.15) is 16.1 Å². The maximum atomic E-state index is 13.0. The summed E-state index contributed by atoms with van der Waals surface area (Å²) in [7, 11) is 0. The van der Waals surface area contributed by atoms with Crippen LogP contribution in [0, 0.1) is 0 Å². The third kappa shape index (κ3) is 5.07. The normalized spacial score (nSPS) is 14.2. The van der Waals surface area contributed by atoms with E-state index in [1.165, 1.54) is 10.5 Å². The molecule has 0 radical (unpaired) electrons. The molecule has 1 fully saturated rings. The Bertz CT molecular complexity index is 1330. The first-order chi connectivity index (χ1) is 16.9. The molecule has 0 bridgehead atoms. The smallest absolute Gasteiger partial charge is 0.378 e. The van der Waals surface area contributed by atoms with E-state index < -0.39 is 11.9 Å². The Kier molecular flexibility index (Phi) is 6.04. The number of morpholine rings is 1. The Labute approximate surface area is 199 Å². The van der Waals surface area contributed by atoms with Gasteiger partial charge in [0, 0.05) is 41.9 Å². The largest absolute Gasteiger partial charge is 0.434 e. The lowest BCUT2D eigenvalue weighted by Gasteiger charge is -2.28. The number of imidazole rings is 1. The van der Waals surface area contributed by atoms with E-state index in [0.717, 1.165) is 25.0 Å². The maximum Gasteiger partial charge on any atom is 0.434 e. The number of benzene rings is 2. The van der Waals surface area contributed by atoms with Crippen LogP contribution in [0.3, 0.4) is 0 Å². The molecule has 2 aromatic carbocycles. The van der Waals surface area contributed by atoms with Gasteiger partial charge in [0.05, 0.1) is 13.2 Å². The number of alkyl halides is 3. The molecule has 3 heterocycles. The highest BCUT2D eigenvalue weighted by atomic mass is 19.4. The van der Waals surface area contributed by atoms with Crippen LogP contribution >= 0.6 is 0 Å². The van der Waals surface area contributed by atoms with Gasteiger partial charge in [-0.2, -0.15) is 13.2 Å². The zero-order chi connectivity index (χ0) is 24.4. The van der Waals surface area contributed by atoms with Gasteiger partial charge >= 0.3 is 6.18 Å². The van der Waals surface area contributed by atoms with Gasteiger partial charge in [0.2, 0.25) is 0 Å². The van der Waals surface area contributed by atoms with E-state index in [1.54, 1.807) is 48.5 Å². The Balaban J connectivity index is 1.25. The van der Waals surface area contributed by atoms with Gasteiger partial charge in [-0.05, 0) is 60.7 Å². The van der Waals surface area contributed by atoms with E-state index in [1.807, 2.05) is 12.1 Å². The fourth-order valence-electron chi connectivity index (χ4n) is 3.88. The van der Waals surface area contributed by atoms with Crippen LogP contribution < -0.4 is 15.5 Å². The summed E-state index contributed by atoms with van der Waals surface area (Å²) in [6, 6.07) is 19.1. The summed E-state index contributed by atoms with van der Waals surface area (Å²) < 4.78 is 45.8. The van der Waals surface area contributed by atoms with Crippen molar-refractivity contribution in [3.05, 3.63) is 84.2 Å². The number of anilines is 4. The highest BCUT2D eigenvalue weighted by Crippen LogP contribution is 2.30. The first kappa shape index (κ1) is 22.7. The second-order valence-corrected chi connectivity index (χ2v) is 8.07. The molecule has 0 atom stereocenters. The third-order valence-electron chi connectivity index (χ3n) is 5.70. The molecule has 0 aliphatic carbocycles. The van der Waals surface area contributed by atoms with Crippen molar-refractivity contribution in [1.82, 2.24) is 9.38 Å². The molecule has 2 N–H and O–H groups in total. The van der Waals surface area contributed by atoms with Crippen LogP contribution in [0.15, 0.2) is 72.9 Å². The number of carbonyl (C=O) groups excluding carboxylic acids is 1. The van der Waals surface area contributed by atoms with Gasteiger partial charge in [0.15, 0.2) is 5.69 Å². The van der Waals surface area contributed by atoms with Crippen molar-refractivity contribution in [2.75, 3.05) is 41.8 Å². The zero-order valence-corrected chi connectivity index (χ0v) is 18.5. The summed E-state index contributed by atoms with van der Waals surface area (Å²) in [5.74, 6) is 0.199. The average Bonchev–Trinajstić information content (AvgIpc) is 3.32. The van der Waals surface area contributed by atoms with Gasteiger partial charge in [-0.3, -0.25) is 9.20 Å². The monoisotopic (exact) mass is 481 g/mol. The van der Waals surface area contributed by atoms with Crippen LogP contribution in [0.4, 0.5) is 36.1 Å². The summed E-state index contributed by atoms with van der Waals surface area (Å²) in [4.78, 5) is 18.5. The number of halogens is 3. The van der Waals surface area contributed by atoms with Crippen molar-refractivity contribution in [2.24, 2.45) is 0 Å². The Hall–Kier alpha value is -4.05. The molecule has 7 nitrogen and oxygen atoms in total. The number of nitrogens with one attached hydrogen (secondary N) is 2. The number of carbonyl (C=O) groups is 1. The van der Waals surface area contributed by atoms with Crippen molar-refractivity contribution in [3.8, 4) is 0 Å².